The molecule has 0 aliphatic heterocycles. The second-order valence-corrected chi connectivity index (χ2v) is 6.49. The third kappa shape index (κ3) is 5.57. The number of aryl methyl sites for hydroxylation is 2. The predicted molar refractivity (Wildman–Crippen MR) is 99.8 cm³/mol. The summed E-state index contributed by atoms with van der Waals surface area (Å²) in [6.07, 6.45) is 3.95. The number of hydrogen-bond acceptors (Lipinski definition) is 3. The van der Waals surface area contributed by atoms with E-state index in [4.69, 9.17) is 11.6 Å². The van der Waals surface area contributed by atoms with Crippen molar-refractivity contribution >= 4 is 29.1 Å². The summed E-state index contributed by atoms with van der Waals surface area (Å²) in [6.45, 7) is 4.35. The molecule has 0 aliphatic carbocycles. The molecule has 2 rings (SSSR count). The lowest BCUT2D eigenvalue weighted by molar-refractivity contribution is -0.133. The molecule has 132 valence electrons. The van der Waals surface area contributed by atoms with Crippen molar-refractivity contribution in [2.75, 3.05) is 18.9 Å². The molecule has 6 heteroatoms. The summed E-state index contributed by atoms with van der Waals surface area (Å²) in [7, 11) is 1.70. The zero-order valence-corrected chi connectivity index (χ0v) is 15.4. The summed E-state index contributed by atoms with van der Waals surface area (Å²) in [6, 6.07) is 7.54. The Morgan fingerprint density at radius 3 is 2.52 bits per heavy atom. The molecule has 0 aliphatic rings. The Morgan fingerprint density at radius 2 is 1.88 bits per heavy atom. The first-order chi connectivity index (χ1) is 11.9. The highest BCUT2D eigenvalue weighted by molar-refractivity contribution is 6.34. The number of nitrogens with one attached hydrogen (secondary N) is 1. The van der Waals surface area contributed by atoms with E-state index < -0.39 is 0 Å². The standard InChI is InChI=1S/C19H22ClN3O2/c1-13-10-14(2)19(16(20)11-13)22-17(24)12-18(25)23(3)9-6-15-4-7-21-8-5-15/h4-5,7-8,10-11H,6,9,12H2,1-3H3,(H,22,24). The summed E-state index contributed by atoms with van der Waals surface area (Å²) in [4.78, 5) is 29.9. The molecular weight excluding hydrogens is 338 g/mol. The van der Waals surface area contributed by atoms with Gasteiger partial charge in [0.2, 0.25) is 11.8 Å². The average Bonchev–Trinajstić information content (AvgIpc) is 2.56. The topological polar surface area (TPSA) is 62.3 Å². The Balaban J connectivity index is 1.88. The Hall–Kier alpha value is -2.40. The molecule has 2 amide bonds. The van der Waals surface area contributed by atoms with E-state index in [0.717, 1.165) is 23.1 Å². The summed E-state index contributed by atoms with van der Waals surface area (Å²) in [5, 5.41) is 3.21. The van der Waals surface area contributed by atoms with Gasteiger partial charge in [0.1, 0.15) is 6.42 Å². The third-order valence-electron chi connectivity index (χ3n) is 3.92. The number of aromatic nitrogens is 1. The van der Waals surface area contributed by atoms with Crippen molar-refractivity contribution < 1.29 is 9.59 Å². The quantitative estimate of drug-likeness (QED) is 0.804. The van der Waals surface area contributed by atoms with E-state index in [0.29, 0.717) is 17.3 Å². The van der Waals surface area contributed by atoms with Gasteiger partial charge in [-0.2, -0.15) is 0 Å². The lowest BCUT2D eigenvalue weighted by Gasteiger charge is -2.17. The van der Waals surface area contributed by atoms with Crippen molar-refractivity contribution in [1.82, 2.24) is 9.88 Å². The van der Waals surface area contributed by atoms with Gasteiger partial charge in [-0.1, -0.05) is 17.7 Å². The fraction of sp³-hybridized carbons (Fsp3) is 0.316. The van der Waals surface area contributed by atoms with Gasteiger partial charge in [-0.05, 0) is 55.2 Å². The molecule has 1 aromatic carbocycles. The molecule has 0 fully saturated rings. The maximum atomic E-state index is 12.2. The van der Waals surface area contributed by atoms with Gasteiger partial charge in [0, 0.05) is 26.0 Å². The second kappa shape index (κ2) is 8.62. The number of carbonyl (C=O) groups is 2. The van der Waals surface area contributed by atoms with Crippen molar-refractivity contribution in [3.63, 3.8) is 0 Å². The minimum atomic E-state index is -0.366. The molecule has 0 atom stereocenters. The number of likely N-dealkylation sites (N-methyl/N-ethyl adjacent to an activating group) is 1. The SMILES string of the molecule is Cc1cc(C)c(NC(=O)CC(=O)N(C)CCc2ccncc2)c(Cl)c1. The molecule has 5 nitrogen and oxygen atoms in total. The average molecular weight is 360 g/mol. The molecule has 1 aromatic heterocycles. The molecular formula is C19H22ClN3O2. The molecule has 0 bridgehead atoms. The lowest BCUT2D eigenvalue weighted by Crippen LogP contribution is -2.32. The number of amides is 2. The molecule has 0 saturated carbocycles. The molecule has 0 saturated heterocycles. The number of anilines is 1. The van der Waals surface area contributed by atoms with Gasteiger partial charge < -0.3 is 10.2 Å². The van der Waals surface area contributed by atoms with E-state index in [-0.39, 0.29) is 18.2 Å². The van der Waals surface area contributed by atoms with Gasteiger partial charge in [0.15, 0.2) is 0 Å². The van der Waals surface area contributed by atoms with Crippen molar-refractivity contribution in [3.8, 4) is 0 Å². The summed E-state index contributed by atoms with van der Waals surface area (Å²) >= 11 is 6.18. The first kappa shape index (κ1) is 18.9. The van der Waals surface area contributed by atoms with Crippen LogP contribution in [0.15, 0.2) is 36.7 Å². The van der Waals surface area contributed by atoms with Gasteiger partial charge in [-0.15, -0.1) is 0 Å². The van der Waals surface area contributed by atoms with Crippen LogP contribution in [0.4, 0.5) is 5.69 Å². The maximum Gasteiger partial charge on any atom is 0.233 e. The minimum absolute atomic E-state index is 0.212. The monoisotopic (exact) mass is 359 g/mol. The molecule has 25 heavy (non-hydrogen) atoms. The van der Waals surface area contributed by atoms with Crippen molar-refractivity contribution in [3.05, 3.63) is 58.4 Å². The number of hydrogen-bond donors (Lipinski definition) is 1. The number of carbonyl (C=O) groups excluding carboxylic acids is 2. The Kier molecular flexibility index (Phi) is 6.53. The smallest absolute Gasteiger partial charge is 0.233 e. The molecule has 0 spiro atoms. The first-order valence-corrected chi connectivity index (χ1v) is 8.44. The van der Waals surface area contributed by atoms with Gasteiger partial charge in [0.05, 0.1) is 10.7 Å². The Bertz CT molecular complexity index is 740. The van der Waals surface area contributed by atoms with Crippen LogP contribution in [0, 0.1) is 13.8 Å². The normalized spacial score (nSPS) is 10.4. The van der Waals surface area contributed by atoms with Crippen LogP contribution in [0.5, 0.6) is 0 Å². The highest BCUT2D eigenvalue weighted by Gasteiger charge is 2.16. The third-order valence-corrected chi connectivity index (χ3v) is 4.22. The minimum Gasteiger partial charge on any atom is -0.345 e. The fourth-order valence-electron chi connectivity index (χ4n) is 2.50. The van der Waals surface area contributed by atoms with E-state index >= 15 is 0 Å². The fourth-order valence-corrected chi connectivity index (χ4v) is 2.87. The number of pyridine rings is 1. The molecule has 1 heterocycles. The Labute approximate surface area is 153 Å². The van der Waals surface area contributed by atoms with E-state index in [1.807, 2.05) is 32.0 Å². The summed E-state index contributed by atoms with van der Waals surface area (Å²) in [5.74, 6) is -0.595. The summed E-state index contributed by atoms with van der Waals surface area (Å²) < 4.78 is 0. The van der Waals surface area contributed by atoms with Crippen LogP contribution in [0.25, 0.3) is 0 Å². The van der Waals surface area contributed by atoms with Gasteiger partial charge in [-0.3, -0.25) is 14.6 Å². The number of halogens is 1. The van der Waals surface area contributed by atoms with E-state index in [2.05, 4.69) is 10.3 Å². The van der Waals surface area contributed by atoms with Crippen LogP contribution in [0.3, 0.4) is 0 Å². The van der Waals surface area contributed by atoms with Crippen LogP contribution in [-0.2, 0) is 16.0 Å². The van der Waals surface area contributed by atoms with Crippen molar-refractivity contribution in [2.45, 2.75) is 26.7 Å². The van der Waals surface area contributed by atoms with E-state index in [1.54, 1.807) is 30.4 Å². The molecule has 0 radical (unpaired) electrons. The zero-order chi connectivity index (χ0) is 18.4. The van der Waals surface area contributed by atoms with Crippen LogP contribution < -0.4 is 5.32 Å². The van der Waals surface area contributed by atoms with Crippen LogP contribution >= 0.6 is 11.6 Å². The van der Waals surface area contributed by atoms with Crippen LogP contribution in [-0.4, -0.2) is 35.3 Å². The highest BCUT2D eigenvalue weighted by Crippen LogP contribution is 2.27. The maximum absolute atomic E-state index is 12.2. The van der Waals surface area contributed by atoms with Crippen molar-refractivity contribution in [2.24, 2.45) is 0 Å². The van der Waals surface area contributed by atoms with E-state index in [1.165, 1.54) is 0 Å². The van der Waals surface area contributed by atoms with Crippen molar-refractivity contribution in [1.29, 1.82) is 0 Å². The van der Waals surface area contributed by atoms with Gasteiger partial charge in [-0.25, -0.2) is 0 Å². The molecule has 0 unspecified atom stereocenters. The largest absolute Gasteiger partial charge is 0.345 e. The van der Waals surface area contributed by atoms with Crippen LogP contribution in [0.1, 0.15) is 23.1 Å². The first-order valence-electron chi connectivity index (χ1n) is 8.06. The molecule has 1 N–H and O–H groups in total. The Morgan fingerprint density at radius 1 is 1.20 bits per heavy atom. The second-order valence-electron chi connectivity index (χ2n) is 6.08. The lowest BCUT2D eigenvalue weighted by atomic mass is 10.1. The zero-order valence-electron chi connectivity index (χ0n) is 14.7. The number of nitrogens with zero attached hydrogens (tertiary/aromatic N) is 2. The molecule has 2 aromatic rings. The predicted octanol–water partition coefficient (Wildman–Crippen LogP) is 3.38. The number of rotatable bonds is 6. The number of benzene rings is 1. The van der Waals surface area contributed by atoms with E-state index in [9.17, 15) is 9.59 Å². The van der Waals surface area contributed by atoms with Crippen LogP contribution in [0.2, 0.25) is 5.02 Å². The highest BCUT2D eigenvalue weighted by atomic mass is 35.5. The summed E-state index contributed by atoms with van der Waals surface area (Å²) in [5.41, 5.74) is 3.55. The van der Waals surface area contributed by atoms with Gasteiger partial charge in [0.25, 0.3) is 0 Å². The van der Waals surface area contributed by atoms with Gasteiger partial charge >= 0.3 is 0 Å².